The third kappa shape index (κ3) is 6.43. The molecule has 0 saturated heterocycles. The number of aryl methyl sites for hydroxylation is 2. The van der Waals surface area contributed by atoms with Gasteiger partial charge in [-0.2, -0.15) is 5.26 Å². The highest BCUT2D eigenvalue weighted by atomic mass is 127. The largest absolute Gasteiger partial charge is 0.488 e. The van der Waals surface area contributed by atoms with Crippen LogP contribution in [-0.2, 0) is 17.8 Å². The van der Waals surface area contributed by atoms with Crippen molar-refractivity contribution in [1.29, 1.82) is 5.26 Å². The van der Waals surface area contributed by atoms with Gasteiger partial charge in [0.05, 0.1) is 3.57 Å². The van der Waals surface area contributed by atoms with Crippen LogP contribution in [0.4, 0.5) is 5.69 Å². The maximum atomic E-state index is 12.5. The molecule has 0 radical (unpaired) electrons. The van der Waals surface area contributed by atoms with Crippen molar-refractivity contribution in [3.63, 3.8) is 0 Å². The average molecular weight is 522 g/mol. The summed E-state index contributed by atoms with van der Waals surface area (Å²) in [5, 5.41) is 12.2. The Morgan fingerprint density at radius 2 is 1.74 bits per heavy atom. The van der Waals surface area contributed by atoms with E-state index in [1.54, 1.807) is 6.08 Å². The van der Waals surface area contributed by atoms with E-state index >= 15 is 0 Å². The maximum Gasteiger partial charge on any atom is 0.266 e. The lowest BCUT2D eigenvalue weighted by Gasteiger charge is -2.10. The number of hydrogen-bond donors (Lipinski definition) is 1. The van der Waals surface area contributed by atoms with E-state index in [1.165, 1.54) is 11.1 Å². The van der Waals surface area contributed by atoms with Crippen molar-refractivity contribution in [3.8, 4) is 11.8 Å². The highest BCUT2D eigenvalue weighted by Crippen LogP contribution is 2.24. The molecule has 5 heteroatoms. The fourth-order valence-corrected chi connectivity index (χ4v) is 3.60. The lowest BCUT2D eigenvalue weighted by Crippen LogP contribution is -2.13. The number of rotatable bonds is 7. The predicted molar refractivity (Wildman–Crippen MR) is 133 cm³/mol. The lowest BCUT2D eigenvalue weighted by atomic mass is 10.1. The zero-order chi connectivity index (χ0) is 22.2. The molecule has 0 aliphatic rings. The van der Waals surface area contributed by atoms with Gasteiger partial charge < -0.3 is 10.1 Å². The Hall–Kier alpha value is -3.11. The number of amides is 1. The molecule has 0 fully saturated rings. The number of hydrogen-bond acceptors (Lipinski definition) is 3. The molecule has 3 aromatic carbocycles. The van der Waals surface area contributed by atoms with Crippen molar-refractivity contribution >= 4 is 40.3 Å². The minimum Gasteiger partial charge on any atom is -0.488 e. The molecular formula is C26H23IN2O2. The van der Waals surface area contributed by atoms with Crippen molar-refractivity contribution in [3.05, 3.63) is 98.1 Å². The van der Waals surface area contributed by atoms with Gasteiger partial charge in [0.1, 0.15) is 24.0 Å². The SMILES string of the molecule is CCc1ccc(NC(=O)/C(C#N)=C/c2ccc(OCc3ccc(C)cc3)c(I)c2)cc1. The van der Waals surface area contributed by atoms with Crippen LogP contribution < -0.4 is 10.1 Å². The number of carbonyl (C=O) groups excluding carboxylic acids is 1. The summed E-state index contributed by atoms with van der Waals surface area (Å²) < 4.78 is 6.83. The van der Waals surface area contributed by atoms with Crippen molar-refractivity contribution in [2.45, 2.75) is 26.9 Å². The quantitative estimate of drug-likeness (QED) is 0.226. The van der Waals surface area contributed by atoms with Crippen molar-refractivity contribution < 1.29 is 9.53 Å². The van der Waals surface area contributed by atoms with Crippen LogP contribution in [0.3, 0.4) is 0 Å². The van der Waals surface area contributed by atoms with E-state index < -0.39 is 5.91 Å². The summed E-state index contributed by atoms with van der Waals surface area (Å²) >= 11 is 2.20. The Morgan fingerprint density at radius 3 is 2.35 bits per heavy atom. The van der Waals surface area contributed by atoms with E-state index in [0.717, 1.165) is 26.9 Å². The molecule has 4 nitrogen and oxygen atoms in total. The monoisotopic (exact) mass is 522 g/mol. The number of carbonyl (C=O) groups is 1. The molecule has 0 saturated carbocycles. The average Bonchev–Trinajstić information content (AvgIpc) is 2.78. The number of nitriles is 1. The summed E-state index contributed by atoms with van der Waals surface area (Å²) in [4.78, 5) is 12.5. The highest BCUT2D eigenvalue weighted by Gasteiger charge is 2.11. The number of nitrogens with one attached hydrogen (secondary N) is 1. The number of halogens is 1. The molecule has 0 aliphatic heterocycles. The first-order valence-corrected chi connectivity index (χ1v) is 11.1. The van der Waals surface area contributed by atoms with E-state index in [0.29, 0.717) is 12.3 Å². The Bertz CT molecular complexity index is 1130. The molecule has 156 valence electrons. The molecule has 0 bridgehead atoms. The second kappa shape index (κ2) is 10.8. The van der Waals surface area contributed by atoms with Gasteiger partial charge in [-0.25, -0.2) is 0 Å². The normalized spacial score (nSPS) is 11.0. The molecule has 0 spiro atoms. The van der Waals surface area contributed by atoms with Crippen LogP contribution in [0, 0.1) is 21.8 Å². The first-order valence-electron chi connectivity index (χ1n) is 9.98. The molecule has 1 N–H and O–H groups in total. The summed E-state index contributed by atoms with van der Waals surface area (Å²) in [5.74, 6) is 0.332. The summed E-state index contributed by atoms with van der Waals surface area (Å²) in [6, 6.07) is 23.4. The molecule has 3 rings (SSSR count). The molecule has 1 amide bonds. The van der Waals surface area contributed by atoms with Crippen LogP contribution in [0.5, 0.6) is 5.75 Å². The minimum atomic E-state index is -0.429. The van der Waals surface area contributed by atoms with E-state index in [-0.39, 0.29) is 5.57 Å². The molecule has 0 atom stereocenters. The lowest BCUT2D eigenvalue weighted by molar-refractivity contribution is -0.112. The minimum absolute atomic E-state index is 0.0451. The molecule has 31 heavy (non-hydrogen) atoms. The van der Waals surface area contributed by atoms with Crippen LogP contribution in [0.25, 0.3) is 6.08 Å². The topological polar surface area (TPSA) is 62.1 Å². The summed E-state index contributed by atoms with van der Waals surface area (Å²) in [6.07, 6.45) is 2.52. The van der Waals surface area contributed by atoms with Crippen LogP contribution >= 0.6 is 22.6 Å². The Balaban J connectivity index is 1.68. The van der Waals surface area contributed by atoms with Gasteiger partial charge in [0.25, 0.3) is 5.91 Å². The van der Waals surface area contributed by atoms with Crippen LogP contribution in [0.1, 0.15) is 29.2 Å². The maximum absolute atomic E-state index is 12.5. The van der Waals surface area contributed by atoms with Crippen molar-refractivity contribution in [1.82, 2.24) is 0 Å². The van der Waals surface area contributed by atoms with Crippen molar-refractivity contribution in [2.75, 3.05) is 5.32 Å². The third-order valence-corrected chi connectivity index (χ3v) is 5.61. The fourth-order valence-electron chi connectivity index (χ4n) is 2.91. The van der Waals surface area contributed by atoms with E-state index in [1.807, 2.05) is 60.7 Å². The standard InChI is InChI=1S/C26H23IN2O2/c1-3-19-8-11-23(12-9-19)29-26(30)22(16-28)14-21-10-13-25(24(27)15-21)31-17-20-6-4-18(2)5-7-20/h4-15H,3,17H2,1-2H3,(H,29,30)/b22-14+. The van der Waals surface area contributed by atoms with Gasteiger partial charge in [0.2, 0.25) is 0 Å². The van der Waals surface area contributed by atoms with Gasteiger partial charge in [-0.1, -0.05) is 55.0 Å². The number of ether oxygens (including phenoxy) is 1. The highest BCUT2D eigenvalue weighted by molar-refractivity contribution is 14.1. The third-order valence-electron chi connectivity index (χ3n) is 4.77. The van der Waals surface area contributed by atoms with Crippen LogP contribution in [0.2, 0.25) is 0 Å². The van der Waals surface area contributed by atoms with Gasteiger partial charge in [-0.3, -0.25) is 4.79 Å². The van der Waals surface area contributed by atoms with Gasteiger partial charge >= 0.3 is 0 Å². The van der Waals surface area contributed by atoms with Gasteiger partial charge in [-0.05, 0) is 83.0 Å². The van der Waals surface area contributed by atoms with E-state index in [4.69, 9.17) is 4.74 Å². The zero-order valence-electron chi connectivity index (χ0n) is 17.5. The fraction of sp³-hybridized carbons (Fsp3) is 0.154. The molecule has 0 aliphatic carbocycles. The molecule has 0 aromatic heterocycles. The van der Waals surface area contributed by atoms with E-state index in [9.17, 15) is 10.1 Å². The molecular weight excluding hydrogens is 499 g/mol. The second-order valence-electron chi connectivity index (χ2n) is 7.14. The van der Waals surface area contributed by atoms with Gasteiger partial charge in [-0.15, -0.1) is 0 Å². The Kier molecular flexibility index (Phi) is 7.85. The van der Waals surface area contributed by atoms with Gasteiger partial charge in [0.15, 0.2) is 0 Å². The summed E-state index contributed by atoms with van der Waals surface area (Å²) in [6.45, 7) is 4.61. The number of benzene rings is 3. The smallest absolute Gasteiger partial charge is 0.266 e. The second-order valence-corrected chi connectivity index (χ2v) is 8.30. The Morgan fingerprint density at radius 1 is 1.06 bits per heavy atom. The van der Waals surface area contributed by atoms with Gasteiger partial charge in [0, 0.05) is 5.69 Å². The molecule has 3 aromatic rings. The van der Waals surface area contributed by atoms with E-state index in [2.05, 4.69) is 53.9 Å². The first-order chi connectivity index (χ1) is 15.0. The van der Waals surface area contributed by atoms with Crippen LogP contribution in [-0.4, -0.2) is 5.91 Å². The molecule has 0 unspecified atom stereocenters. The predicted octanol–water partition coefficient (Wildman–Crippen LogP) is 6.29. The first kappa shape index (κ1) is 22.6. The van der Waals surface area contributed by atoms with Crippen molar-refractivity contribution in [2.24, 2.45) is 0 Å². The van der Waals surface area contributed by atoms with Crippen LogP contribution in [0.15, 0.2) is 72.3 Å². The molecule has 0 heterocycles. The number of anilines is 1. The Labute approximate surface area is 196 Å². The number of nitrogens with zero attached hydrogens (tertiary/aromatic N) is 1. The zero-order valence-corrected chi connectivity index (χ0v) is 19.6. The summed E-state index contributed by atoms with van der Waals surface area (Å²) in [7, 11) is 0. The summed E-state index contributed by atoms with van der Waals surface area (Å²) in [5.41, 5.74) is 4.97.